The highest BCUT2D eigenvalue weighted by molar-refractivity contribution is 5.59. The van der Waals surface area contributed by atoms with Gasteiger partial charge in [0.15, 0.2) is 6.61 Å². The van der Waals surface area contributed by atoms with Crippen molar-refractivity contribution < 1.29 is 50.1 Å². The van der Waals surface area contributed by atoms with Crippen LogP contribution >= 0.6 is 0 Å². The van der Waals surface area contributed by atoms with Crippen LogP contribution in [-0.2, 0) is 18.9 Å². The monoisotopic (exact) mass is 286 g/mol. The third kappa shape index (κ3) is 4.56. The van der Waals surface area contributed by atoms with E-state index in [1.54, 1.807) is 0 Å². The zero-order valence-electron chi connectivity index (χ0n) is 9.02. The summed E-state index contributed by atoms with van der Waals surface area (Å²) in [5.41, 5.74) is 0. The van der Waals surface area contributed by atoms with Crippen molar-refractivity contribution in [1.29, 1.82) is 0 Å². The van der Waals surface area contributed by atoms with Crippen LogP contribution in [0.15, 0.2) is 0 Å². The van der Waals surface area contributed by atoms with Gasteiger partial charge in [-0.05, 0) is 0 Å². The molecular weight excluding hydrogens is 278 g/mol. The van der Waals surface area contributed by atoms with Crippen LogP contribution in [0, 0.1) is 0 Å². The van der Waals surface area contributed by atoms with E-state index in [-0.39, 0.29) is 7.11 Å². The van der Waals surface area contributed by atoms with Crippen LogP contribution in [0.3, 0.4) is 0 Å². The quantitative estimate of drug-likeness (QED) is 0.553. The Morgan fingerprint density at radius 1 is 1.00 bits per heavy atom. The highest BCUT2D eigenvalue weighted by Crippen LogP contribution is 2.39. The Balaban J connectivity index is 4.60. The number of hydrogen-bond acceptors (Lipinski definition) is 5. The van der Waals surface area contributed by atoms with Crippen molar-refractivity contribution in [2.75, 3.05) is 20.8 Å². The lowest BCUT2D eigenvalue weighted by Crippen LogP contribution is -2.49. The molecule has 0 aliphatic rings. The molecule has 0 aliphatic carbocycles. The Hall–Kier alpha value is -1.23. The number of hydrogen-bond donors (Lipinski definition) is 0. The van der Waals surface area contributed by atoms with Gasteiger partial charge in [-0.1, -0.05) is 0 Å². The summed E-state index contributed by atoms with van der Waals surface area (Å²) in [6.45, 7) is -2.03. The van der Waals surface area contributed by atoms with Crippen molar-refractivity contribution in [2.24, 2.45) is 0 Å². The summed E-state index contributed by atoms with van der Waals surface area (Å²) in [7, 11) is 0.926. The van der Waals surface area contributed by atoms with Gasteiger partial charge < -0.3 is 14.2 Å². The second-order valence-electron chi connectivity index (χ2n) is 2.72. The summed E-state index contributed by atoms with van der Waals surface area (Å²) in [4.78, 5) is 10.3. The maximum Gasteiger partial charge on any atom is 0.508 e. The predicted octanol–water partition coefficient (Wildman–Crippen LogP) is 2.21. The van der Waals surface area contributed by atoms with Crippen LogP contribution in [0.4, 0.5) is 31.1 Å². The first-order valence-electron chi connectivity index (χ1n) is 4.07. The summed E-state index contributed by atoms with van der Waals surface area (Å²) in [6.07, 6.45) is -17.4. The molecular formula is C7H8F6O5. The van der Waals surface area contributed by atoms with Crippen molar-refractivity contribution in [3.05, 3.63) is 0 Å². The SMILES string of the molecule is COC(=O)OCC(F)(F)OC(F)(F)C(F)(F)OC. The van der Waals surface area contributed by atoms with E-state index >= 15 is 0 Å². The van der Waals surface area contributed by atoms with Crippen LogP contribution in [0.1, 0.15) is 0 Å². The van der Waals surface area contributed by atoms with Gasteiger partial charge in [0.25, 0.3) is 0 Å². The maximum absolute atomic E-state index is 12.7. The fourth-order valence-corrected chi connectivity index (χ4v) is 0.597. The molecule has 0 bridgehead atoms. The molecule has 0 aromatic heterocycles. The maximum atomic E-state index is 12.7. The molecule has 108 valence electrons. The van der Waals surface area contributed by atoms with Gasteiger partial charge in [0.2, 0.25) is 0 Å². The Morgan fingerprint density at radius 2 is 1.50 bits per heavy atom. The number of rotatable bonds is 6. The molecule has 5 nitrogen and oxygen atoms in total. The van der Waals surface area contributed by atoms with Gasteiger partial charge in [0.05, 0.1) is 7.11 Å². The highest BCUT2D eigenvalue weighted by Gasteiger charge is 2.63. The van der Waals surface area contributed by atoms with Crippen molar-refractivity contribution in [1.82, 2.24) is 0 Å². The van der Waals surface area contributed by atoms with E-state index in [2.05, 4.69) is 18.9 Å². The van der Waals surface area contributed by atoms with E-state index in [0.717, 1.165) is 7.11 Å². The first kappa shape index (κ1) is 16.8. The number of halogens is 6. The Labute approximate surface area is 96.5 Å². The van der Waals surface area contributed by atoms with Gasteiger partial charge in [-0.2, -0.15) is 26.3 Å². The second-order valence-corrected chi connectivity index (χ2v) is 2.72. The molecule has 0 unspecified atom stereocenters. The van der Waals surface area contributed by atoms with Crippen LogP contribution < -0.4 is 0 Å². The van der Waals surface area contributed by atoms with Crippen LogP contribution in [-0.4, -0.2) is 45.3 Å². The normalized spacial score (nSPS) is 13.3. The molecule has 0 fully saturated rings. The van der Waals surface area contributed by atoms with Gasteiger partial charge in [-0.15, -0.1) is 0 Å². The summed E-state index contributed by atoms with van der Waals surface area (Å²) in [5.74, 6) is 0. The van der Waals surface area contributed by atoms with Crippen LogP contribution in [0.25, 0.3) is 0 Å². The van der Waals surface area contributed by atoms with Gasteiger partial charge in [-0.25, -0.2) is 9.53 Å². The topological polar surface area (TPSA) is 54.0 Å². The standard InChI is InChI=1S/C7H8F6O5/c1-15-4(14)17-3-5(8,9)18-7(12,13)6(10,11)16-2/h3H2,1-2H3. The molecule has 11 heteroatoms. The Kier molecular flexibility index (Phi) is 5.22. The zero-order chi connectivity index (χ0) is 14.6. The van der Waals surface area contributed by atoms with Crippen molar-refractivity contribution in [3.8, 4) is 0 Å². The lowest BCUT2D eigenvalue weighted by Gasteiger charge is -2.27. The minimum absolute atomic E-state index is 0.167. The minimum Gasteiger partial charge on any atom is -0.438 e. The summed E-state index contributed by atoms with van der Waals surface area (Å²) >= 11 is 0. The summed E-state index contributed by atoms with van der Waals surface area (Å²) in [5, 5.41) is 0. The molecule has 18 heavy (non-hydrogen) atoms. The fourth-order valence-electron chi connectivity index (χ4n) is 0.597. The summed E-state index contributed by atoms with van der Waals surface area (Å²) < 4.78 is 88.1. The Bertz CT molecular complexity index is 294. The second kappa shape index (κ2) is 5.61. The first-order valence-corrected chi connectivity index (χ1v) is 4.07. The van der Waals surface area contributed by atoms with E-state index in [0.29, 0.717) is 0 Å². The average molecular weight is 286 g/mol. The number of alkyl halides is 6. The molecule has 0 amide bonds. The first-order chi connectivity index (χ1) is 7.97. The minimum atomic E-state index is -5.62. The average Bonchev–Trinajstić information content (AvgIpc) is 2.24. The molecule has 0 saturated carbocycles. The molecule has 0 heterocycles. The molecule has 0 aromatic rings. The van der Waals surface area contributed by atoms with E-state index < -0.39 is 31.1 Å². The highest BCUT2D eigenvalue weighted by atomic mass is 19.3. The van der Waals surface area contributed by atoms with Gasteiger partial charge in [0, 0.05) is 7.11 Å². The van der Waals surface area contributed by atoms with Crippen molar-refractivity contribution in [3.63, 3.8) is 0 Å². The fraction of sp³-hybridized carbons (Fsp3) is 0.857. The molecule has 0 N–H and O–H groups in total. The number of carbonyl (C=O) groups is 1. The van der Waals surface area contributed by atoms with Crippen LogP contribution in [0.2, 0.25) is 0 Å². The molecule has 0 radical (unpaired) electrons. The number of methoxy groups -OCH3 is 2. The molecule has 0 aromatic carbocycles. The summed E-state index contributed by atoms with van der Waals surface area (Å²) in [6, 6.07) is 0. The lowest BCUT2D eigenvalue weighted by molar-refractivity contribution is -0.479. The molecule has 0 spiro atoms. The number of ether oxygens (including phenoxy) is 4. The molecule has 0 atom stereocenters. The lowest BCUT2D eigenvalue weighted by atomic mass is 10.5. The third-order valence-corrected chi connectivity index (χ3v) is 1.40. The largest absolute Gasteiger partial charge is 0.508 e. The van der Waals surface area contributed by atoms with E-state index in [1.807, 2.05) is 0 Å². The van der Waals surface area contributed by atoms with Gasteiger partial charge >= 0.3 is 24.5 Å². The van der Waals surface area contributed by atoms with E-state index in [1.165, 1.54) is 0 Å². The molecule has 0 rings (SSSR count). The van der Waals surface area contributed by atoms with E-state index in [9.17, 15) is 31.1 Å². The predicted molar refractivity (Wildman–Crippen MR) is 41.3 cm³/mol. The van der Waals surface area contributed by atoms with Crippen molar-refractivity contribution >= 4 is 6.16 Å². The van der Waals surface area contributed by atoms with Gasteiger partial charge in [0.1, 0.15) is 0 Å². The Morgan fingerprint density at radius 3 is 1.89 bits per heavy atom. The van der Waals surface area contributed by atoms with Crippen LogP contribution in [0.5, 0.6) is 0 Å². The van der Waals surface area contributed by atoms with Crippen molar-refractivity contribution in [2.45, 2.75) is 18.3 Å². The third-order valence-electron chi connectivity index (χ3n) is 1.40. The zero-order valence-corrected chi connectivity index (χ0v) is 9.02. The number of carbonyl (C=O) groups excluding carboxylic acids is 1. The smallest absolute Gasteiger partial charge is 0.438 e. The van der Waals surface area contributed by atoms with E-state index in [4.69, 9.17) is 0 Å². The molecule has 0 saturated heterocycles. The molecule has 0 aliphatic heterocycles. The van der Waals surface area contributed by atoms with Gasteiger partial charge in [-0.3, -0.25) is 0 Å².